The van der Waals surface area contributed by atoms with Gasteiger partial charge in [-0.1, -0.05) is 6.92 Å². The third kappa shape index (κ3) is 2.54. The van der Waals surface area contributed by atoms with E-state index in [2.05, 4.69) is 21.8 Å². The fraction of sp³-hybridized carbons (Fsp3) is 0.250. The molecule has 0 radical (unpaired) electrons. The van der Waals surface area contributed by atoms with Gasteiger partial charge in [0.05, 0.1) is 17.3 Å². The van der Waals surface area contributed by atoms with Crippen LogP contribution in [0.2, 0.25) is 0 Å². The number of imidazole rings is 1. The summed E-state index contributed by atoms with van der Waals surface area (Å²) in [5, 5.41) is 2.82. The lowest BCUT2D eigenvalue weighted by Crippen LogP contribution is -2.10. The Labute approximate surface area is 122 Å². The second kappa shape index (κ2) is 5.44. The highest BCUT2D eigenvalue weighted by Crippen LogP contribution is 2.21. The molecule has 0 saturated carbocycles. The minimum absolute atomic E-state index is 0.260. The van der Waals surface area contributed by atoms with E-state index in [-0.39, 0.29) is 5.91 Å². The third-order valence-corrected chi connectivity index (χ3v) is 3.39. The molecule has 21 heavy (non-hydrogen) atoms. The number of benzene rings is 1. The Kier molecular flexibility index (Phi) is 3.48. The van der Waals surface area contributed by atoms with E-state index in [0.717, 1.165) is 29.8 Å². The molecule has 0 aliphatic heterocycles. The van der Waals surface area contributed by atoms with Crippen LogP contribution >= 0.6 is 0 Å². The second-order valence-corrected chi connectivity index (χ2v) is 4.95. The minimum atomic E-state index is -0.260. The van der Waals surface area contributed by atoms with Crippen LogP contribution in [-0.4, -0.2) is 15.5 Å². The van der Waals surface area contributed by atoms with Crippen molar-refractivity contribution in [3.05, 3.63) is 48.2 Å². The normalized spacial score (nSPS) is 11.0. The van der Waals surface area contributed by atoms with Crippen LogP contribution in [0.4, 0.5) is 5.69 Å². The van der Waals surface area contributed by atoms with Gasteiger partial charge in [-0.15, -0.1) is 0 Å². The lowest BCUT2D eigenvalue weighted by atomic mass is 10.2. The van der Waals surface area contributed by atoms with Gasteiger partial charge in [0.1, 0.15) is 5.82 Å². The van der Waals surface area contributed by atoms with Gasteiger partial charge < -0.3 is 14.3 Å². The number of furan rings is 1. The van der Waals surface area contributed by atoms with Crippen LogP contribution in [0, 0.1) is 6.92 Å². The molecule has 2 aromatic heterocycles. The number of aromatic nitrogens is 2. The van der Waals surface area contributed by atoms with Crippen LogP contribution in [-0.2, 0) is 6.54 Å². The minimum Gasteiger partial charge on any atom is -0.459 e. The predicted octanol–water partition coefficient (Wildman–Crippen LogP) is 3.60. The molecule has 0 fully saturated rings. The van der Waals surface area contributed by atoms with Crippen molar-refractivity contribution in [1.82, 2.24) is 9.55 Å². The van der Waals surface area contributed by atoms with Gasteiger partial charge in [-0.3, -0.25) is 4.79 Å². The zero-order valence-electron chi connectivity index (χ0n) is 12.1. The summed E-state index contributed by atoms with van der Waals surface area (Å²) in [6.45, 7) is 5.08. The van der Waals surface area contributed by atoms with Gasteiger partial charge in [-0.05, 0) is 43.7 Å². The summed E-state index contributed by atoms with van der Waals surface area (Å²) in [5.74, 6) is 1.02. The lowest BCUT2D eigenvalue weighted by Gasteiger charge is -2.05. The maximum absolute atomic E-state index is 12.0. The van der Waals surface area contributed by atoms with Crippen molar-refractivity contribution in [3.8, 4) is 0 Å². The molecule has 5 nitrogen and oxygen atoms in total. The summed E-state index contributed by atoms with van der Waals surface area (Å²) in [6.07, 6.45) is 2.54. The summed E-state index contributed by atoms with van der Waals surface area (Å²) >= 11 is 0. The number of hydrogen-bond donors (Lipinski definition) is 1. The molecule has 2 heterocycles. The molecule has 0 atom stereocenters. The second-order valence-electron chi connectivity index (χ2n) is 4.95. The number of rotatable bonds is 4. The molecule has 1 amide bonds. The van der Waals surface area contributed by atoms with E-state index in [4.69, 9.17) is 4.42 Å². The fourth-order valence-electron chi connectivity index (χ4n) is 2.43. The number of carbonyl (C=O) groups excluding carboxylic acids is 1. The van der Waals surface area contributed by atoms with Crippen molar-refractivity contribution >= 4 is 22.6 Å². The molecule has 0 aliphatic rings. The molecule has 0 unspecified atom stereocenters. The highest BCUT2D eigenvalue weighted by molar-refractivity contribution is 6.03. The molecular weight excluding hydrogens is 266 g/mol. The van der Waals surface area contributed by atoms with Crippen molar-refractivity contribution in [1.29, 1.82) is 0 Å². The predicted molar refractivity (Wildman–Crippen MR) is 81.4 cm³/mol. The first-order chi connectivity index (χ1) is 10.2. The van der Waals surface area contributed by atoms with Crippen molar-refractivity contribution in [2.45, 2.75) is 26.8 Å². The number of anilines is 1. The van der Waals surface area contributed by atoms with Crippen LogP contribution in [0.15, 0.2) is 41.0 Å². The smallest absolute Gasteiger partial charge is 0.291 e. The van der Waals surface area contributed by atoms with Gasteiger partial charge in [0.2, 0.25) is 0 Å². The van der Waals surface area contributed by atoms with E-state index in [1.807, 2.05) is 25.1 Å². The van der Waals surface area contributed by atoms with Crippen molar-refractivity contribution in [2.75, 3.05) is 5.32 Å². The Balaban J connectivity index is 1.89. The van der Waals surface area contributed by atoms with Crippen LogP contribution < -0.4 is 5.32 Å². The van der Waals surface area contributed by atoms with Gasteiger partial charge in [-0.25, -0.2) is 4.98 Å². The number of carbonyl (C=O) groups is 1. The number of hydrogen-bond acceptors (Lipinski definition) is 3. The zero-order valence-corrected chi connectivity index (χ0v) is 12.1. The fourth-order valence-corrected chi connectivity index (χ4v) is 2.43. The Morgan fingerprint density at radius 2 is 2.24 bits per heavy atom. The van der Waals surface area contributed by atoms with Crippen LogP contribution in [0.1, 0.15) is 29.7 Å². The summed E-state index contributed by atoms with van der Waals surface area (Å²) in [5.41, 5.74) is 2.69. The summed E-state index contributed by atoms with van der Waals surface area (Å²) in [7, 11) is 0. The van der Waals surface area contributed by atoms with Crippen LogP contribution in [0.5, 0.6) is 0 Å². The lowest BCUT2D eigenvalue weighted by molar-refractivity contribution is 0.0996. The maximum Gasteiger partial charge on any atom is 0.291 e. The highest BCUT2D eigenvalue weighted by atomic mass is 16.3. The van der Waals surface area contributed by atoms with Crippen molar-refractivity contribution in [2.24, 2.45) is 0 Å². The molecule has 0 saturated heterocycles. The molecule has 108 valence electrons. The molecule has 0 bridgehead atoms. The van der Waals surface area contributed by atoms with Crippen LogP contribution in [0.25, 0.3) is 11.0 Å². The molecule has 3 rings (SSSR count). The first-order valence-corrected chi connectivity index (χ1v) is 7.01. The molecule has 1 N–H and O–H groups in total. The summed E-state index contributed by atoms with van der Waals surface area (Å²) in [4.78, 5) is 16.5. The largest absolute Gasteiger partial charge is 0.459 e. The molecule has 5 heteroatoms. The average molecular weight is 283 g/mol. The standard InChI is InChI=1S/C16H17N3O2/c1-3-8-19-11(2)17-13-10-12(6-7-14(13)19)18-16(20)15-5-4-9-21-15/h4-7,9-10H,3,8H2,1-2H3,(H,18,20). The van der Waals surface area contributed by atoms with Gasteiger partial charge in [0.15, 0.2) is 5.76 Å². The van der Waals surface area contributed by atoms with Crippen LogP contribution in [0.3, 0.4) is 0 Å². The Hall–Kier alpha value is -2.56. The topological polar surface area (TPSA) is 60.1 Å². The van der Waals surface area contributed by atoms with Crippen molar-refractivity contribution < 1.29 is 9.21 Å². The molecule has 1 aromatic carbocycles. The van der Waals surface area contributed by atoms with E-state index in [1.165, 1.54) is 6.26 Å². The number of nitrogens with one attached hydrogen (secondary N) is 1. The van der Waals surface area contributed by atoms with Crippen molar-refractivity contribution in [3.63, 3.8) is 0 Å². The van der Waals surface area contributed by atoms with Gasteiger partial charge in [0.25, 0.3) is 5.91 Å². The number of amides is 1. The van der Waals surface area contributed by atoms with E-state index in [9.17, 15) is 4.79 Å². The third-order valence-electron chi connectivity index (χ3n) is 3.39. The van der Waals surface area contributed by atoms with Gasteiger partial charge >= 0.3 is 0 Å². The summed E-state index contributed by atoms with van der Waals surface area (Å²) in [6, 6.07) is 9.08. The molecule has 3 aromatic rings. The Morgan fingerprint density at radius 1 is 1.38 bits per heavy atom. The highest BCUT2D eigenvalue weighted by Gasteiger charge is 2.11. The quantitative estimate of drug-likeness (QED) is 0.795. The Morgan fingerprint density at radius 3 is 2.95 bits per heavy atom. The number of fused-ring (bicyclic) bond motifs is 1. The van der Waals surface area contributed by atoms with E-state index in [1.54, 1.807) is 12.1 Å². The first kappa shape index (κ1) is 13.4. The average Bonchev–Trinajstić information content (AvgIpc) is 3.08. The molecule has 0 spiro atoms. The van der Waals surface area contributed by atoms with E-state index < -0.39 is 0 Å². The van der Waals surface area contributed by atoms with Gasteiger partial charge in [-0.2, -0.15) is 0 Å². The Bertz CT molecular complexity index is 772. The maximum atomic E-state index is 12.0. The monoisotopic (exact) mass is 283 g/mol. The number of aryl methyl sites for hydroxylation is 2. The van der Waals surface area contributed by atoms with E-state index in [0.29, 0.717) is 11.4 Å². The first-order valence-electron chi connectivity index (χ1n) is 7.01. The zero-order chi connectivity index (χ0) is 14.8. The molecule has 0 aliphatic carbocycles. The summed E-state index contributed by atoms with van der Waals surface area (Å²) < 4.78 is 7.27. The van der Waals surface area contributed by atoms with E-state index >= 15 is 0 Å². The molecular formula is C16H17N3O2. The number of nitrogens with zero attached hydrogens (tertiary/aromatic N) is 2. The van der Waals surface area contributed by atoms with Gasteiger partial charge in [0, 0.05) is 12.2 Å². The SMILES string of the molecule is CCCn1c(C)nc2cc(NC(=O)c3ccco3)ccc21.